The molecule has 376 valence electrons. The van der Waals surface area contributed by atoms with E-state index in [1.54, 1.807) is 71.8 Å². The smallest absolute Gasteiger partial charge is 0.264 e. The van der Waals surface area contributed by atoms with E-state index in [1.165, 1.54) is 0 Å². The summed E-state index contributed by atoms with van der Waals surface area (Å²) < 4.78 is 24.0. The summed E-state index contributed by atoms with van der Waals surface area (Å²) in [5.74, 6) is -0.122. The number of nitrogens with zero attached hydrogens (tertiary/aromatic N) is 5. The molecule has 70 heavy (non-hydrogen) atoms. The van der Waals surface area contributed by atoms with Crippen LogP contribution in [-0.4, -0.2) is 152 Å². The lowest BCUT2D eigenvalue weighted by Gasteiger charge is -2.33. The van der Waals surface area contributed by atoms with Gasteiger partial charge in [-0.1, -0.05) is 38.2 Å². The summed E-state index contributed by atoms with van der Waals surface area (Å²) in [6.07, 6.45) is 6.69. The molecule has 6 amide bonds. The third-order valence-corrected chi connectivity index (χ3v) is 14.0. The van der Waals surface area contributed by atoms with E-state index < -0.39 is 29.7 Å². The molecule has 2 fully saturated rings. The average molecular weight is 1000 g/mol. The number of carbonyl (C=O) groups is 6. The lowest BCUT2D eigenvalue weighted by molar-refractivity contribution is -0.136. The van der Waals surface area contributed by atoms with Crippen LogP contribution in [0.3, 0.4) is 0 Å². The maximum atomic E-state index is 13.5. The molecule has 5 heterocycles. The van der Waals surface area contributed by atoms with Gasteiger partial charge in [-0.3, -0.25) is 39.0 Å². The van der Waals surface area contributed by atoms with Crippen LogP contribution in [0.5, 0.6) is 0 Å². The van der Waals surface area contributed by atoms with Gasteiger partial charge in [-0.05, 0) is 75.7 Å². The van der Waals surface area contributed by atoms with Crippen LogP contribution in [-0.2, 0) is 39.8 Å². The Labute approximate surface area is 416 Å². The van der Waals surface area contributed by atoms with E-state index in [0.717, 1.165) is 39.4 Å². The first-order valence-electron chi connectivity index (χ1n) is 23.7. The molecule has 0 aliphatic carbocycles. The van der Waals surface area contributed by atoms with Crippen molar-refractivity contribution in [1.82, 2.24) is 30.0 Å². The summed E-state index contributed by atoms with van der Waals surface area (Å²) in [5, 5.41) is 12.7. The summed E-state index contributed by atoms with van der Waals surface area (Å²) >= 11 is 3.23. The van der Waals surface area contributed by atoms with E-state index in [-0.39, 0.29) is 47.2 Å². The van der Waals surface area contributed by atoms with Gasteiger partial charge in [-0.15, -0.1) is 11.8 Å². The van der Waals surface area contributed by atoms with Crippen molar-refractivity contribution in [3.63, 3.8) is 0 Å². The quantitative estimate of drug-likeness (QED) is 0.0357. The summed E-state index contributed by atoms with van der Waals surface area (Å²) in [6.45, 7) is 11.8. The first kappa shape index (κ1) is 52.1. The molecule has 1 unspecified atom stereocenters. The topological polar surface area (TPSA) is 227 Å². The first-order chi connectivity index (χ1) is 33.7. The molecule has 2 aromatic carbocycles. The number of rotatable bonds is 25. The Bertz CT molecular complexity index is 2460. The second kappa shape index (κ2) is 24.9. The molecule has 2 aromatic heterocycles. The summed E-state index contributed by atoms with van der Waals surface area (Å²) in [6, 6.07) is 11.1. The van der Waals surface area contributed by atoms with Crippen molar-refractivity contribution in [1.29, 1.82) is 0 Å². The van der Waals surface area contributed by atoms with Crippen LogP contribution in [0.25, 0.3) is 0 Å². The lowest BCUT2D eigenvalue weighted by atomic mass is 9.94. The number of hydrogen-bond donors (Lipinski definition) is 4. The zero-order chi connectivity index (χ0) is 49.6. The van der Waals surface area contributed by atoms with Crippen LogP contribution in [0.2, 0.25) is 0 Å². The second-order valence-electron chi connectivity index (χ2n) is 18.3. The maximum Gasteiger partial charge on any atom is 0.264 e. The number of likely N-dealkylation sites (N-methyl/N-ethyl adjacent to an activating group) is 1. The SMILES string of the molecule is CN(CCCC(=O)Nc1ccc(C(=O)N2CCC[C@@H](Nc3ncc(SCc4ncc(C(C)(C)C)o4)s3)C2)cc1)CCOCCOCCOCCNc1cccc2c1C(=O)N(C1CCC(=O)NC1=O)C2=O. The average Bonchev–Trinajstić information content (AvgIpc) is 4.07. The van der Waals surface area contributed by atoms with Crippen molar-refractivity contribution < 1.29 is 47.4 Å². The van der Waals surface area contributed by atoms with Crippen LogP contribution in [0.15, 0.2) is 63.5 Å². The highest BCUT2D eigenvalue weighted by atomic mass is 32.2. The van der Waals surface area contributed by atoms with E-state index in [4.69, 9.17) is 18.6 Å². The normalized spacial score (nSPS) is 17.3. The number of amides is 6. The number of fused-ring (bicyclic) bond motifs is 1. The molecule has 3 aliphatic heterocycles. The molecule has 21 heteroatoms. The number of likely N-dealkylation sites (tertiary alicyclic amines) is 1. The summed E-state index contributed by atoms with van der Waals surface area (Å²) in [5.41, 5.74) is 2.03. The van der Waals surface area contributed by atoms with Crippen molar-refractivity contribution >= 4 is 75.0 Å². The van der Waals surface area contributed by atoms with Gasteiger partial charge < -0.3 is 44.4 Å². The van der Waals surface area contributed by atoms with Gasteiger partial charge in [0.15, 0.2) is 5.13 Å². The fraction of sp³-hybridized carbons (Fsp3) is 0.510. The van der Waals surface area contributed by atoms with Gasteiger partial charge >= 0.3 is 0 Å². The molecule has 3 aliphatic rings. The highest BCUT2D eigenvalue weighted by Gasteiger charge is 2.45. The molecule has 0 radical (unpaired) electrons. The maximum absolute atomic E-state index is 13.5. The van der Waals surface area contributed by atoms with E-state index in [9.17, 15) is 28.8 Å². The zero-order valence-electron chi connectivity index (χ0n) is 40.2. The lowest BCUT2D eigenvalue weighted by Crippen LogP contribution is -2.54. The number of benzene rings is 2. The molecule has 7 rings (SSSR count). The Hall–Kier alpha value is -5.71. The van der Waals surface area contributed by atoms with Crippen LogP contribution >= 0.6 is 23.1 Å². The van der Waals surface area contributed by atoms with Gasteiger partial charge in [0, 0.05) is 67.4 Å². The number of hydrogen-bond acceptors (Lipinski definition) is 17. The van der Waals surface area contributed by atoms with Crippen molar-refractivity contribution in [2.24, 2.45) is 0 Å². The molecular weight excluding hydrogens is 939 g/mol. The van der Waals surface area contributed by atoms with Crippen LogP contribution in [0.1, 0.15) is 102 Å². The van der Waals surface area contributed by atoms with Gasteiger partial charge in [0.1, 0.15) is 11.8 Å². The minimum atomic E-state index is -1.02. The Kier molecular flexibility index (Phi) is 18.5. The number of carbonyl (C=O) groups excluding carboxylic acids is 6. The number of thiazole rings is 1. The fourth-order valence-electron chi connectivity index (χ4n) is 8.11. The second-order valence-corrected chi connectivity index (χ2v) is 20.7. The number of oxazole rings is 1. The van der Waals surface area contributed by atoms with Gasteiger partial charge in [0.2, 0.25) is 23.6 Å². The Balaban J connectivity index is 0.688. The standard InChI is InChI=1S/C49H63N9O10S2/c1-49(2,3)38-28-51-41(68-38)31-69-42-29-52-48(70-42)54-34-8-6-20-57(30-34)45(62)32-12-14-33(15-13-32)53-39(59)11-7-19-56(4)21-23-66-25-27-67-26-24-65-22-18-50-36-10-5-9-35-43(36)47(64)58(46(35)63)37-16-17-40(60)55-44(37)61/h5,9-10,12-15,28-29,34,37,50H,6-8,11,16-27,30-31H2,1-4H3,(H,52,54)(H,53,59)(H,55,60,61)/t34-,37?/m1/s1. The van der Waals surface area contributed by atoms with Gasteiger partial charge in [0.25, 0.3) is 17.7 Å². The van der Waals surface area contributed by atoms with Crippen molar-refractivity contribution in [3.05, 3.63) is 83.2 Å². The molecule has 4 aromatic rings. The number of ether oxygens (including phenoxy) is 3. The molecule has 19 nitrogen and oxygen atoms in total. The largest absolute Gasteiger partial charge is 0.444 e. The molecule has 0 spiro atoms. The predicted molar refractivity (Wildman–Crippen MR) is 265 cm³/mol. The number of anilines is 3. The molecule has 2 saturated heterocycles. The predicted octanol–water partition coefficient (Wildman–Crippen LogP) is 5.65. The van der Waals surface area contributed by atoms with E-state index in [2.05, 4.69) is 56.9 Å². The van der Waals surface area contributed by atoms with Crippen molar-refractivity contribution in [2.45, 2.75) is 86.8 Å². The monoisotopic (exact) mass is 1000 g/mol. The fourth-order valence-corrected chi connectivity index (χ4v) is 9.91. The first-order valence-corrected chi connectivity index (χ1v) is 25.5. The minimum absolute atomic E-state index is 0.0358. The molecule has 2 atom stereocenters. The number of nitrogens with one attached hydrogen (secondary N) is 4. The van der Waals surface area contributed by atoms with E-state index >= 15 is 0 Å². The number of aromatic nitrogens is 2. The van der Waals surface area contributed by atoms with Crippen LogP contribution in [0.4, 0.5) is 16.5 Å². The Morgan fingerprint density at radius 3 is 2.43 bits per heavy atom. The van der Waals surface area contributed by atoms with Gasteiger partial charge in [-0.25, -0.2) is 9.97 Å². The Morgan fingerprint density at radius 1 is 0.929 bits per heavy atom. The van der Waals surface area contributed by atoms with Crippen molar-refractivity contribution in [2.75, 3.05) is 95.4 Å². The molecular formula is C49H63N9O10S2. The van der Waals surface area contributed by atoms with E-state index in [0.29, 0.717) is 107 Å². The van der Waals surface area contributed by atoms with E-state index in [1.807, 2.05) is 18.1 Å². The molecule has 0 saturated carbocycles. The molecule has 4 N–H and O–H groups in total. The van der Waals surface area contributed by atoms with Crippen LogP contribution < -0.4 is 21.3 Å². The van der Waals surface area contributed by atoms with Gasteiger partial charge in [-0.2, -0.15) is 0 Å². The summed E-state index contributed by atoms with van der Waals surface area (Å²) in [7, 11) is 1.98. The number of piperidine rings is 2. The third kappa shape index (κ3) is 14.4. The van der Waals surface area contributed by atoms with Gasteiger partial charge in [0.05, 0.1) is 73.1 Å². The minimum Gasteiger partial charge on any atom is -0.444 e. The van der Waals surface area contributed by atoms with Crippen LogP contribution in [0, 0.1) is 0 Å². The zero-order valence-corrected chi connectivity index (χ0v) is 41.8. The number of thioether (sulfide) groups is 1. The highest BCUT2D eigenvalue weighted by Crippen LogP contribution is 2.34. The highest BCUT2D eigenvalue weighted by molar-refractivity contribution is 8.00. The Morgan fingerprint density at radius 2 is 1.69 bits per heavy atom. The number of imide groups is 2. The van der Waals surface area contributed by atoms with Crippen molar-refractivity contribution in [3.8, 4) is 0 Å². The third-order valence-electron chi connectivity index (χ3n) is 11.9. The molecule has 0 bridgehead atoms. The summed E-state index contributed by atoms with van der Waals surface area (Å²) in [4.78, 5) is 90.3.